The van der Waals surface area contributed by atoms with E-state index in [4.69, 9.17) is 9.84 Å². The van der Waals surface area contributed by atoms with E-state index in [0.29, 0.717) is 12.0 Å². The molecule has 0 fully saturated rings. The summed E-state index contributed by atoms with van der Waals surface area (Å²) in [7, 11) is 1.35. The van der Waals surface area contributed by atoms with Gasteiger partial charge in [0.1, 0.15) is 5.82 Å². The quantitative estimate of drug-likeness (QED) is 0.717. The zero-order chi connectivity index (χ0) is 15.5. The number of aliphatic hydroxyl groups is 1. The van der Waals surface area contributed by atoms with Gasteiger partial charge in [-0.1, -0.05) is 0 Å². The molecule has 0 bridgehead atoms. The van der Waals surface area contributed by atoms with E-state index in [9.17, 15) is 4.79 Å². The van der Waals surface area contributed by atoms with Crippen LogP contribution >= 0.6 is 0 Å². The molecule has 0 radical (unpaired) electrons. The van der Waals surface area contributed by atoms with Crippen LogP contribution in [-0.4, -0.2) is 33.1 Å². The Labute approximate surface area is 126 Å². The molecule has 0 saturated carbocycles. The predicted octanol–water partition coefficient (Wildman–Crippen LogP) is 1.83. The van der Waals surface area contributed by atoms with Crippen molar-refractivity contribution in [3.8, 4) is 0 Å². The first-order chi connectivity index (χ1) is 10.7. The van der Waals surface area contributed by atoms with Crippen molar-refractivity contribution in [2.24, 2.45) is 0 Å². The van der Waals surface area contributed by atoms with Crippen molar-refractivity contribution in [3.63, 3.8) is 0 Å². The fourth-order valence-corrected chi connectivity index (χ4v) is 2.29. The van der Waals surface area contributed by atoms with Gasteiger partial charge < -0.3 is 14.8 Å². The zero-order valence-electron chi connectivity index (χ0n) is 12.0. The van der Waals surface area contributed by atoms with Gasteiger partial charge in [-0.2, -0.15) is 0 Å². The molecule has 6 nitrogen and oxygen atoms in total. The fourth-order valence-electron chi connectivity index (χ4n) is 2.29. The number of fused-ring (bicyclic) bond motifs is 1. The normalized spacial score (nSPS) is 10.8. The number of aliphatic hydroxyl groups excluding tert-OH is 1. The summed E-state index contributed by atoms with van der Waals surface area (Å²) in [6, 6.07) is 8.79. The zero-order valence-corrected chi connectivity index (χ0v) is 12.0. The SMILES string of the molecule is COC(=O)c1ccc2nc(Cc3cc(CO)ccn3)[nH]c2c1. The number of rotatable bonds is 4. The number of carbonyl (C=O) groups excluding carboxylic acids is 1. The van der Waals surface area contributed by atoms with Gasteiger partial charge in [-0.3, -0.25) is 4.98 Å². The second-order valence-electron chi connectivity index (χ2n) is 4.90. The molecule has 0 aliphatic rings. The van der Waals surface area contributed by atoms with Crippen LogP contribution in [0.15, 0.2) is 36.5 Å². The van der Waals surface area contributed by atoms with Gasteiger partial charge in [0.15, 0.2) is 0 Å². The maximum atomic E-state index is 11.5. The number of esters is 1. The lowest BCUT2D eigenvalue weighted by atomic mass is 10.2. The third-order valence-electron chi connectivity index (χ3n) is 3.36. The molecule has 0 atom stereocenters. The summed E-state index contributed by atoms with van der Waals surface area (Å²) < 4.78 is 4.71. The standard InChI is InChI=1S/C16H15N3O3/c1-22-16(21)11-2-3-13-14(7-11)19-15(18-13)8-12-6-10(9-20)4-5-17-12/h2-7,20H,8-9H2,1H3,(H,18,19). The second-order valence-corrected chi connectivity index (χ2v) is 4.90. The summed E-state index contributed by atoms with van der Waals surface area (Å²) in [5.41, 5.74) is 3.66. The van der Waals surface area contributed by atoms with Crippen LogP contribution in [0.1, 0.15) is 27.4 Å². The van der Waals surface area contributed by atoms with Crippen LogP contribution in [-0.2, 0) is 17.8 Å². The summed E-state index contributed by atoms with van der Waals surface area (Å²) in [6.07, 6.45) is 2.19. The Hall–Kier alpha value is -2.73. The van der Waals surface area contributed by atoms with Gasteiger partial charge in [-0.25, -0.2) is 9.78 Å². The van der Waals surface area contributed by atoms with Gasteiger partial charge in [-0.05, 0) is 35.9 Å². The van der Waals surface area contributed by atoms with Crippen molar-refractivity contribution in [3.05, 3.63) is 59.2 Å². The number of hydrogen-bond acceptors (Lipinski definition) is 5. The summed E-state index contributed by atoms with van der Waals surface area (Å²) >= 11 is 0. The molecular weight excluding hydrogens is 282 g/mol. The Balaban J connectivity index is 1.89. The van der Waals surface area contributed by atoms with Crippen LogP contribution in [0.25, 0.3) is 11.0 Å². The van der Waals surface area contributed by atoms with E-state index in [1.807, 2.05) is 6.07 Å². The lowest BCUT2D eigenvalue weighted by Crippen LogP contribution is -2.00. The van der Waals surface area contributed by atoms with Gasteiger partial charge in [-0.15, -0.1) is 0 Å². The summed E-state index contributed by atoms with van der Waals surface area (Å²) in [5.74, 6) is 0.370. The first-order valence-corrected chi connectivity index (χ1v) is 6.81. The Morgan fingerprint density at radius 1 is 1.32 bits per heavy atom. The Bertz CT molecular complexity index is 826. The largest absolute Gasteiger partial charge is 0.465 e. The van der Waals surface area contributed by atoms with E-state index >= 15 is 0 Å². The number of carbonyl (C=O) groups is 1. The number of H-pyrrole nitrogens is 1. The summed E-state index contributed by atoms with van der Waals surface area (Å²) in [5, 5.41) is 9.15. The number of ether oxygens (including phenoxy) is 1. The highest BCUT2D eigenvalue weighted by Gasteiger charge is 2.10. The van der Waals surface area contributed by atoms with E-state index in [1.165, 1.54) is 7.11 Å². The highest BCUT2D eigenvalue weighted by molar-refractivity contribution is 5.93. The van der Waals surface area contributed by atoms with Crippen LogP contribution in [0.3, 0.4) is 0 Å². The molecular formula is C16H15N3O3. The molecule has 3 aromatic rings. The Morgan fingerprint density at radius 3 is 2.95 bits per heavy atom. The molecule has 1 aromatic carbocycles. The Kier molecular flexibility index (Phi) is 3.84. The minimum atomic E-state index is -0.379. The highest BCUT2D eigenvalue weighted by Crippen LogP contribution is 2.16. The minimum absolute atomic E-state index is 0.0157. The number of benzene rings is 1. The smallest absolute Gasteiger partial charge is 0.337 e. The monoisotopic (exact) mass is 297 g/mol. The summed E-state index contributed by atoms with van der Waals surface area (Å²) in [6.45, 7) is -0.0157. The molecule has 0 unspecified atom stereocenters. The molecule has 6 heteroatoms. The van der Waals surface area contributed by atoms with Crippen LogP contribution < -0.4 is 0 Å². The highest BCUT2D eigenvalue weighted by atomic mass is 16.5. The molecule has 3 rings (SSSR count). The number of aromatic nitrogens is 3. The molecule has 0 aliphatic heterocycles. The van der Waals surface area contributed by atoms with Crippen molar-refractivity contribution in [2.45, 2.75) is 13.0 Å². The van der Waals surface area contributed by atoms with E-state index in [2.05, 4.69) is 15.0 Å². The molecule has 0 aliphatic carbocycles. The van der Waals surface area contributed by atoms with E-state index in [0.717, 1.165) is 28.1 Å². The lowest BCUT2D eigenvalue weighted by Gasteiger charge is -2.00. The number of pyridine rings is 1. The number of hydrogen-bond donors (Lipinski definition) is 2. The van der Waals surface area contributed by atoms with E-state index < -0.39 is 0 Å². The molecule has 0 amide bonds. The molecule has 0 spiro atoms. The lowest BCUT2D eigenvalue weighted by molar-refractivity contribution is 0.0601. The number of imidazole rings is 1. The van der Waals surface area contributed by atoms with Gasteiger partial charge >= 0.3 is 5.97 Å². The van der Waals surface area contributed by atoms with Crippen LogP contribution in [0.2, 0.25) is 0 Å². The van der Waals surface area contributed by atoms with Crippen molar-refractivity contribution < 1.29 is 14.6 Å². The second kappa shape index (κ2) is 5.95. The first-order valence-electron chi connectivity index (χ1n) is 6.81. The maximum absolute atomic E-state index is 11.5. The van der Waals surface area contributed by atoms with Crippen molar-refractivity contribution in [2.75, 3.05) is 7.11 Å². The average molecular weight is 297 g/mol. The molecule has 112 valence electrons. The van der Waals surface area contributed by atoms with Gasteiger partial charge in [0, 0.05) is 18.3 Å². The van der Waals surface area contributed by atoms with Crippen LogP contribution in [0.4, 0.5) is 0 Å². The van der Waals surface area contributed by atoms with Crippen molar-refractivity contribution >= 4 is 17.0 Å². The third kappa shape index (κ3) is 2.82. The van der Waals surface area contributed by atoms with Gasteiger partial charge in [0.05, 0.1) is 30.3 Å². The topological polar surface area (TPSA) is 88.1 Å². The maximum Gasteiger partial charge on any atom is 0.337 e. The molecule has 2 heterocycles. The number of nitrogens with one attached hydrogen (secondary N) is 1. The number of nitrogens with zero attached hydrogens (tertiary/aromatic N) is 2. The predicted molar refractivity (Wildman–Crippen MR) is 80.4 cm³/mol. The van der Waals surface area contributed by atoms with Crippen LogP contribution in [0, 0.1) is 0 Å². The van der Waals surface area contributed by atoms with E-state index in [-0.39, 0.29) is 12.6 Å². The summed E-state index contributed by atoms with van der Waals surface area (Å²) in [4.78, 5) is 23.5. The van der Waals surface area contributed by atoms with Crippen molar-refractivity contribution in [1.82, 2.24) is 15.0 Å². The van der Waals surface area contributed by atoms with Gasteiger partial charge in [0.25, 0.3) is 0 Å². The van der Waals surface area contributed by atoms with Crippen molar-refractivity contribution in [1.29, 1.82) is 0 Å². The minimum Gasteiger partial charge on any atom is -0.465 e. The third-order valence-corrected chi connectivity index (χ3v) is 3.36. The first kappa shape index (κ1) is 14.2. The number of aromatic amines is 1. The average Bonchev–Trinajstić information content (AvgIpc) is 2.95. The fraction of sp³-hybridized carbons (Fsp3) is 0.188. The van der Waals surface area contributed by atoms with Crippen LogP contribution in [0.5, 0.6) is 0 Å². The molecule has 22 heavy (non-hydrogen) atoms. The van der Waals surface area contributed by atoms with Gasteiger partial charge in [0.2, 0.25) is 0 Å². The molecule has 2 aromatic heterocycles. The molecule has 2 N–H and O–H groups in total. The number of methoxy groups -OCH3 is 1. The van der Waals surface area contributed by atoms with E-state index in [1.54, 1.807) is 30.5 Å². The Morgan fingerprint density at radius 2 is 2.18 bits per heavy atom. The molecule has 0 saturated heterocycles.